The van der Waals surface area contributed by atoms with Crippen molar-refractivity contribution in [2.75, 3.05) is 7.05 Å². The number of carbonyl (C=O) groups excluding carboxylic acids is 2. The molecule has 0 radical (unpaired) electrons. The van der Waals surface area contributed by atoms with Crippen molar-refractivity contribution in [2.24, 2.45) is 0 Å². The molecule has 0 unspecified atom stereocenters. The SMILES string of the molecule is CNC(=O)c1cc2c(n(-c3ccc(C)cc3)c1=O)CCCC2=O. The highest BCUT2D eigenvalue weighted by atomic mass is 16.2. The summed E-state index contributed by atoms with van der Waals surface area (Å²) in [5.41, 5.74) is 2.55. The first-order valence-electron chi connectivity index (χ1n) is 7.64. The number of benzene rings is 1. The minimum Gasteiger partial charge on any atom is -0.355 e. The molecule has 1 amide bonds. The average Bonchev–Trinajstić information content (AvgIpc) is 2.55. The fourth-order valence-electron chi connectivity index (χ4n) is 2.96. The molecule has 1 aromatic carbocycles. The second-order valence-corrected chi connectivity index (χ2v) is 5.75. The van der Waals surface area contributed by atoms with Gasteiger partial charge in [0.1, 0.15) is 5.56 Å². The van der Waals surface area contributed by atoms with E-state index >= 15 is 0 Å². The van der Waals surface area contributed by atoms with E-state index in [-0.39, 0.29) is 16.9 Å². The molecule has 118 valence electrons. The maximum Gasteiger partial charge on any atom is 0.268 e. The lowest BCUT2D eigenvalue weighted by molar-refractivity contribution is 0.0961. The molecule has 5 nitrogen and oxygen atoms in total. The molecule has 0 saturated heterocycles. The summed E-state index contributed by atoms with van der Waals surface area (Å²) in [6.07, 6.45) is 1.82. The summed E-state index contributed by atoms with van der Waals surface area (Å²) in [6.45, 7) is 1.96. The highest BCUT2D eigenvalue weighted by Crippen LogP contribution is 2.23. The quantitative estimate of drug-likeness (QED) is 0.923. The molecule has 5 heteroatoms. The fraction of sp³-hybridized carbons (Fsp3) is 0.278. The number of rotatable bonds is 2. The summed E-state index contributed by atoms with van der Waals surface area (Å²) < 4.78 is 1.51. The van der Waals surface area contributed by atoms with Gasteiger partial charge in [-0.15, -0.1) is 0 Å². The molecule has 2 aromatic rings. The van der Waals surface area contributed by atoms with Gasteiger partial charge in [-0.25, -0.2) is 0 Å². The number of ketones is 1. The number of carbonyl (C=O) groups is 2. The Bertz CT molecular complexity index is 848. The van der Waals surface area contributed by atoms with Crippen molar-refractivity contribution in [3.8, 4) is 5.69 Å². The van der Waals surface area contributed by atoms with Crippen LogP contribution in [0.4, 0.5) is 0 Å². The lowest BCUT2D eigenvalue weighted by atomic mass is 9.92. The van der Waals surface area contributed by atoms with Gasteiger partial charge in [0.25, 0.3) is 11.5 Å². The van der Waals surface area contributed by atoms with Gasteiger partial charge in [-0.1, -0.05) is 17.7 Å². The van der Waals surface area contributed by atoms with Gasteiger partial charge in [0.05, 0.1) is 0 Å². The van der Waals surface area contributed by atoms with Gasteiger partial charge in [-0.2, -0.15) is 0 Å². The number of hydrogen-bond donors (Lipinski definition) is 1. The second-order valence-electron chi connectivity index (χ2n) is 5.75. The van der Waals surface area contributed by atoms with Crippen LogP contribution in [-0.4, -0.2) is 23.3 Å². The van der Waals surface area contributed by atoms with Crippen molar-refractivity contribution in [1.82, 2.24) is 9.88 Å². The maximum absolute atomic E-state index is 12.8. The number of nitrogens with one attached hydrogen (secondary N) is 1. The van der Waals surface area contributed by atoms with Gasteiger partial charge in [0.2, 0.25) is 0 Å². The highest BCUT2D eigenvalue weighted by molar-refractivity contribution is 6.01. The Morgan fingerprint density at radius 3 is 2.48 bits per heavy atom. The van der Waals surface area contributed by atoms with Crippen LogP contribution in [0.5, 0.6) is 0 Å². The number of hydrogen-bond acceptors (Lipinski definition) is 3. The summed E-state index contributed by atoms with van der Waals surface area (Å²) >= 11 is 0. The third-order valence-electron chi connectivity index (χ3n) is 4.18. The van der Waals surface area contributed by atoms with Crippen molar-refractivity contribution in [1.29, 1.82) is 0 Å². The van der Waals surface area contributed by atoms with E-state index in [2.05, 4.69) is 5.32 Å². The van der Waals surface area contributed by atoms with E-state index in [0.717, 1.165) is 12.0 Å². The van der Waals surface area contributed by atoms with E-state index in [1.54, 1.807) is 0 Å². The normalized spacial score (nSPS) is 13.6. The van der Waals surface area contributed by atoms with Crippen LogP contribution in [0.15, 0.2) is 35.1 Å². The molecule has 1 aromatic heterocycles. The number of Topliss-reactive ketones (excluding diaryl/α,β-unsaturated/α-hetero) is 1. The predicted molar refractivity (Wildman–Crippen MR) is 87.4 cm³/mol. The zero-order valence-electron chi connectivity index (χ0n) is 13.2. The molecule has 3 rings (SSSR count). The van der Waals surface area contributed by atoms with Gasteiger partial charge in [0, 0.05) is 30.4 Å². The molecule has 0 spiro atoms. The first-order chi connectivity index (χ1) is 11.0. The van der Waals surface area contributed by atoms with Crippen LogP contribution in [0, 0.1) is 6.92 Å². The minimum absolute atomic E-state index is 0.00192. The van der Waals surface area contributed by atoms with E-state index in [1.165, 1.54) is 17.7 Å². The molecule has 1 aliphatic carbocycles. The minimum atomic E-state index is -0.475. The Morgan fingerprint density at radius 1 is 1.13 bits per heavy atom. The maximum atomic E-state index is 12.8. The number of nitrogens with zero attached hydrogens (tertiary/aromatic N) is 1. The smallest absolute Gasteiger partial charge is 0.268 e. The summed E-state index contributed by atoms with van der Waals surface area (Å²) in [4.78, 5) is 37.1. The molecule has 0 aliphatic heterocycles. The molecular weight excluding hydrogens is 292 g/mol. The van der Waals surface area contributed by atoms with Crippen LogP contribution in [0.2, 0.25) is 0 Å². The number of amides is 1. The Balaban J connectivity index is 2.34. The van der Waals surface area contributed by atoms with Crippen molar-refractivity contribution < 1.29 is 9.59 Å². The van der Waals surface area contributed by atoms with Gasteiger partial charge < -0.3 is 5.32 Å². The van der Waals surface area contributed by atoms with Gasteiger partial charge in [0.15, 0.2) is 5.78 Å². The summed E-state index contributed by atoms with van der Waals surface area (Å²) in [6, 6.07) is 8.94. The van der Waals surface area contributed by atoms with Crippen LogP contribution in [-0.2, 0) is 6.42 Å². The van der Waals surface area contributed by atoms with Gasteiger partial charge in [-0.05, 0) is 38.0 Å². The molecule has 0 bridgehead atoms. The van der Waals surface area contributed by atoms with E-state index in [0.29, 0.717) is 29.8 Å². The van der Waals surface area contributed by atoms with Crippen molar-refractivity contribution >= 4 is 11.7 Å². The summed E-state index contributed by atoms with van der Waals surface area (Å²) in [5.74, 6) is -0.491. The lowest BCUT2D eigenvalue weighted by Gasteiger charge is -2.21. The van der Waals surface area contributed by atoms with Crippen LogP contribution in [0.3, 0.4) is 0 Å². The molecule has 0 saturated carbocycles. The standard InChI is InChI=1S/C18H18N2O3/c1-11-6-8-12(9-7-11)20-15-4-3-5-16(21)13(15)10-14(18(20)23)17(22)19-2/h6-10H,3-5H2,1-2H3,(H,19,22). The third kappa shape index (κ3) is 2.59. The molecular formula is C18H18N2O3. The number of aromatic nitrogens is 1. The first kappa shape index (κ1) is 15.2. The molecule has 1 heterocycles. The number of fused-ring (bicyclic) bond motifs is 1. The largest absolute Gasteiger partial charge is 0.355 e. The first-order valence-corrected chi connectivity index (χ1v) is 7.64. The second kappa shape index (κ2) is 5.83. The van der Waals surface area contributed by atoms with Crippen LogP contribution in [0.1, 0.15) is 44.8 Å². The Hall–Kier alpha value is -2.69. The zero-order valence-corrected chi connectivity index (χ0v) is 13.2. The van der Waals surface area contributed by atoms with Crippen LogP contribution < -0.4 is 10.9 Å². The van der Waals surface area contributed by atoms with E-state index in [1.807, 2.05) is 31.2 Å². The lowest BCUT2D eigenvalue weighted by Crippen LogP contribution is -2.35. The van der Waals surface area contributed by atoms with Crippen molar-refractivity contribution in [3.63, 3.8) is 0 Å². The van der Waals surface area contributed by atoms with Gasteiger partial charge in [-0.3, -0.25) is 19.0 Å². The molecule has 0 fully saturated rings. The summed E-state index contributed by atoms with van der Waals surface area (Å²) in [7, 11) is 1.47. The molecule has 1 aliphatic rings. The molecule has 1 N–H and O–H groups in total. The Labute approximate surface area is 134 Å². The van der Waals surface area contributed by atoms with E-state index < -0.39 is 5.91 Å². The third-order valence-corrected chi connectivity index (χ3v) is 4.18. The number of pyridine rings is 1. The monoisotopic (exact) mass is 310 g/mol. The van der Waals surface area contributed by atoms with E-state index in [9.17, 15) is 14.4 Å². The van der Waals surface area contributed by atoms with Crippen LogP contribution in [0.25, 0.3) is 5.69 Å². The number of aryl methyl sites for hydroxylation is 1. The van der Waals surface area contributed by atoms with Gasteiger partial charge >= 0.3 is 0 Å². The predicted octanol–water partition coefficient (Wildman–Crippen LogP) is 2.02. The molecule has 0 atom stereocenters. The van der Waals surface area contributed by atoms with E-state index in [4.69, 9.17) is 0 Å². The van der Waals surface area contributed by atoms with Crippen LogP contribution >= 0.6 is 0 Å². The zero-order chi connectivity index (χ0) is 16.6. The molecule has 23 heavy (non-hydrogen) atoms. The van der Waals surface area contributed by atoms with Crippen molar-refractivity contribution in [2.45, 2.75) is 26.2 Å². The topological polar surface area (TPSA) is 68.2 Å². The Kier molecular flexibility index (Phi) is 3.86. The Morgan fingerprint density at radius 2 is 1.83 bits per heavy atom. The average molecular weight is 310 g/mol. The highest BCUT2D eigenvalue weighted by Gasteiger charge is 2.25. The summed E-state index contributed by atoms with van der Waals surface area (Å²) in [5, 5.41) is 2.47. The van der Waals surface area contributed by atoms with Crippen molar-refractivity contribution in [3.05, 3.63) is 63.1 Å². The fourth-order valence-corrected chi connectivity index (χ4v) is 2.96.